The first-order valence-electron chi connectivity index (χ1n) is 6.87. The minimum atomic E-state index is -4.28. The quantitative estimate of drug-likeness (QED) is 0.883. The molecule has 114 valence electrons. The van der Waals surface area contributed by atoms with E-state index in [4.69, 9.17) is 0 Å². The summed E-state index contributed by atoms with van der Waals surface area (Å²) in [5.74, 6) is 0.934. The molecule has 1 heterocycles. The second kappa shape index (κ2) is 6.76. The van der Waals surface area contributed by atoms with E-state index in [2.05, 4.69) is 21.8 Å². The van der Waals surface area contributed by atoms with Crippen LogP contribution in [0.25, 0.3) is 0 Å². The molecule has 0 saturated heterocycles. The van der Waals surface area contributed by atoms with Crippen molar-refractivity contribution in [1.82, 2.24) is 14.9 Å². The standard InChI is InChI=1S/C15H18F3N3/c1-2-8-21-9-7-20-14(21)11-19-10-12-3-5-13(6-4-12)15(16,17)18/h3-7,9,19H,2,8,10-11H2,1H3. The van der Waals surface area contributed by atoms with Crippen molar-refractivity contribution in [3.63, 3.8) is 0 Å². The topological polar surface area (TPSA) is 29.9 Å². The van der Waals surface area contributed by atoms with Crippen LogP contribution < -0.4 is 5.32 Å². The Morgan fingerprint density at radius 2 is 1.86 bits per heavy atom. The van der Waals surface area contributed by atoms with E-state index in [0.717, 1.165) is 36.5 Å². The molecule has 6 heteroatoms. The maximum atomic E-state index is 12.4. The molecule has 0 aliphatic heterocycles. The van der Waals surface area contributed by atoms with Crippen molar-refractivity contribution in [3.05, 3.63) is 53.6 Å². The lowest BCUT2D eigenvalue weighted by Gasteiger charge is -2.09. The monoisotopic (exact) mass is 297 g/mol. The first kappa shape index (κ1) is 15.6. The van der Waals surface area contributed by atoms with Gasteiger partial charge in [0.15, 0.2) is 0 Å². The number of alkyl halides is 3. The summed E-state index contributed by atoms with van der Waals surface area (Å²) >= 11 is 0. The number of hydrogen-bond donors (Lipinski definition) is 1. The van der Waals surface area contributed by atoms with Gasteiger partial charge in [0.1, 0.15) is 5.82 Å². The van der Waals surface area contributed by atoms with Crippen LogP contribution in [0.15, 0.2) is 36.7 Å². The maximum Gasteiger partial charge on any atom is 0.416 e. The minimum absolute atomic E-state index is 0.511. The molecular formula is C15H18F3N3. The van der Waals surface area contributed by atoms with Crippen LogP contribution in [0, 0.1) is 0 Å². The van der Waals surface area contributed by atoms with E-state index in [0.29, 0.717) is 13.1 Å². The van der Waals surface area contributed by atoms with Crippen molar-refractivity contribution in [2.24, 2.45) is 0 Å². The first-order valence-corrected chi connectivity index (χ1v) is 6.87. The third kappa shape index (κ3) is 4.32. The van der Waals surface area contributed by atoms with Gasteiger partial charge in [-0.2, -0.15) is 13.2 Å². The van der Waals surface area contributed by atoms with Crippen LogP contribution in [-0.2, 0) is 25.8 Å². The van der Waals surface area contributed by atoms with Crippen molar-refractivity contribution in [1.29, 1.82) is 0 Å². The number of nitrogens with zero attached hydrogens (tertiary/aromatic N) is 2. The number of hydrogen-bond acceptors (Lipinski definition) is 2. The minimum Gasteiger partial charge on any atom is -0.334 e. The summed E-state index contributed by atoms with van der Waals surface area (Å²) in [4.78, 5) is 4.26. The van der Waals surface area contributed by atoms with Crippen LogP contribution in [0.2, 0.25) is 0 Å². The first-order chi connectivity index (χ1) is 10.0. The van der Waals surface area contributed by atoms with Gasteiger partial charge >= 0.3 is 6.18 Å². The molecule has 2 aromatic rings. The van der Waals surface area contributed by atoms with E-state index in [1.165, 1.54) is 12.1 Å². The molecule has 0 radical (unpaired) electrons. The van der Waals surface area contributed by atoms with E-state index in [9.17, 15) is 13.2 Å². The van der Waals surface area contributed by atoms with Crippen molar-refractivity contribution in [2.75, 3.05) is 0 Å². The SMILES string of the molecule is CCCn1ccnc1CNCc1ccc(C(F)(F)F)cc1. The summed E-state index contributed by atoms with van der Waals surface area (Å²) in [5.41, 5.74) is 0.196. The lowest BCUT2D eigenvalue weighted by Crippen LogP contribution is -2.17. The van der Waals surface area contributed by atoms with Crippen LogP contribution in [0.4, 0.5) is 13.2 Å². The Bertz CT molecular complexity index is 558. The molecular weight excluding hydrogens is 279 g/mol. The second-order valence-corrected chi connectivity index (χ2v) is 4.84. The van der Waals surface area contributed by atoms with Crippen LogP contribution in [0.1, 0.15) is 30.3 Å². The summed E-state index contributed by atoms with van der Waals surface area (Å²) in [6, 6.07) is 5.20. The Morgan fingerprint density at radius 1 is 1.14 bits per heavy atom. The summed E-state index contributed by atoms with van der Waals surface area (Å²) in [6.45, 7) is 4.11. The molecule has 0 unspecified atom stereocenters. The zero-order valence-electron chi connectivity index (χ0n) is 11.8. The van der Waals surface area contributed by atoms with Gasteiger partial charge in [-0.15, -0.1) is 0 Å². The maximum absolute atomic E-state index is 12.4. The number of nitrogens with one attached hydrogen (secondary N) is 1. The number of halogens is 3. The van der Waals surface area contributed by atoms with E-state index in [1.54, 1.807) is 6.20 Å². The van der Waals surface area contributed by atoms with Gasteiger partial charge in [0.05, 0.1) is 12.1 Å². The van der Waals surface area contributed by atoms with Crippen molar-refractivity contribution < 1.29 is 13.2 Å². The fourth-order valence-corrected chi connectivity index (χ4v) is 2.08. The molecule has 1 aromatic heterocycles. The van der Waals surface area contributed by atoms with Gasteiger partial charge in [0.25, 0.3) is 0 Å². The van der Waals surface area contributed by atoms with Gasteiger partial charge in [-0.3, -0.25) is 0 Å². The molecule has 0 amide bonds. The molecule has 1 N–H and O–H groups in total. The zero-order valence-corrected chi connectivity index (χ0v) is 11.8. The van der Waals surface area contributed by atoms with Crippen molar-refractivity contribution in [3.8, 4) is 0 Å². The highest BCUT2D eigenvalue weighted by molar-refractivity contribution is 5.24. The van der Waals surface area contributed by atoms with Gasteiger partial charge in [-0.05, 0) is 24.1 Å². The highest BCUT2D eigenvalue weighted by Crippen LogP contribution is 2.29. The highest BCUT2D eigenvalue weighted by Gasteiger charge is 2.29. The zero-order chi connectivity index (χ0) is 15.3. The molecule has 21 heavy (non-hydrogen) atoms. The third-order valence-electron chi connectivity index (χ3n) is 3.16. The summed E-state index contributed by atoms with van der Waals surface area (Å²) < 4.78 is 39.4. The number of benzene rings is 1. The fraction of sp³-hybridized carbons (Fsp3) is 0.400. The van der Waals surface area contributed by atoms with Gasteiger partial charge in [0.2, 0.25) is 0 Å². The Balaban J connectivity index is 1.87. The lowest BCUT2D eigenvalue weighted by molar-refractivity contribution is -0.137. The number of rotatable bonds is 6. The van der Waals surface area contributed by atoms with E-state index >= 15 is 0 Å². The van der Waals surface area contributed by atoms with Gasteiger partial charge in [0, 0.05) is 25.5 Å². The number of aromatic nitrogens is 2. The van der Waals surface area contributed by atoms with E-state index < -0.39 is 11.7 Å². The summed E-state index contributed by atoms with van der Waals surface area (Å²) in [5, 5.41) is 3.20. The summed E-state index contributed by atoms with van der Waals surface area (Å²) in [7, 11) is 0. The lowest BCUT2D eigenvalue weighted by atomic mass is 10.1. The largest absolute Gasteiger partial charge is 0.416 e. The Labute approximate surface area is 121 Å². The Morgan fingerprint density at radius 3 is 2.48 bits per heavy atom. The molecule has 2 rings (SSSR count). The Kier molecular flexibility index (Phi) is 5.01. The Hall–Kier alpha value is -1.82. The molecule has 0 fully saturated rings. The average molecular weight is 297 g/mol. The third-order valence-corrected chi connectivity index (χ3v) is 3.16. The van der Waals surface area contributed by atoms with Crippen LogP contribution in [0.5, 0.6) is 0 Å². The van der Waals surface area contributed by atoms with Crippen molar-refractivity contribution in [2.45, 2.75) is 39.2 Å². The molecule has 0 spiro atoms. The summed E-state index contributed by atoms with van der Waals surface area (Å²) in [6.07, 6.45) is 0.433. The fourth-order valence-electron chi connectivity index (χ4n) is 2.08. The van der Waals surface area contributed by atoms with Gasteiger partial charge < -0.3 is 9.88 Å². The van der Waals surface area contributed by atoms with Crippen molar-refractivity contribution >= 4 is 0 Å². The predicted octanol–water partition coefficient (Wildman–Crippen LogP) is 3.60. The molecule has 1 aromatic carbocycles. The molecule has 0 atom stereocenters. The van der Waals surface area contributed by atoms with Crippen LogP contribution in [0.3, 0.4) is 0 Å². The number of aryl methyl sites for hydroxylation is 1. The molecule has 0 bridgehead atoms. The van der Waals surface area contributed by atoms with Gasteiger partial charge in [-0.25, -0.2) is 4.98 Å². The van der Waals surface area contributed by atoms with E-state index in [1.807, 2.05) is 6.20 Å². The molecule has 3 nitrogen and oxygen atoms in total. The number of imidazole rings is 1. The average Bonchev–Trinajstić information content (AvgIpc) is 2.86. The molecule has 0 aliphatic rings. The normalized spacial score (nSPS) is 11.8. The van der Waals surface area contributed by atoms with E-state index in [-0.39, 0.29) is 0 Å². The van der Waals surface area contributed by atoms with Crippen LogP contribution in [-0.4, -0.2) is 9.55 Å². The van der Waals surface area contributed by atoms with Crippen LogP contribution >= 0.6 is 0 Å². The highest BCUT2D eigenvalue weighted by atomic mass is 19.4. The molecule has 0 saturated carbocycles. The predicted molar refractivity (Wildman–Crippen MR) is 74.5 cm³/mol. The van der Waals surface area contributed by atoms with Gasteiger partial charge in [-0.1, -0.05) is 19.1 Å². The smallest absolute Gasteiger partial charge is 0.334 e. The second-order valence-electron chi connectivity index (χ2n) is 4.84. The molecule has 0 aliphatic carbocycles.